The molecule has 10 heteroatoms. The molecule has 0 radical (unpaired) electrons. The molecule has 1 aliphatic rings. The van der Waals surface area contributed by atoms with E-state index >= 15 is 0 Å². The Hall–Kier alpha value is -2.46. The zero-order chi connectivity index (χ0) is 21.2. The average molecular weight is 423 g/mol. The highest BCUT2D eigenvalue weighted by Crippen LogP contribution is 2.29. The van der Waals surface area contributed by atoms with E-state index in [1.54, 1.807) is 40.1 Å². The Labute approximate surface area is 170 Å². The third-order valence-electron chi connectivity index (χ3n) is 4.65. The van der Waals surface area contributed by atoms with Crippen LogP contribution in [0.4, 0.5) is 5.82 Å². The molecule has 0 aliphatic carbocycles. The van der Waals surface area contributed by atoms with Gasteiger partial charge in [0.15, 0.2) is 0 Å². The van der Waals surface area contributed by atoms with Crippen molar-refractivity contribution in [2.45, 2.75) is 39.7 Å². The van der Waals surface area contributed by atoms with Crippen LogP contribution in [0.1, 0.15) is 30.9 Å². The van der Waals surface area contributed by atoms with E-state index in [0.717, 1.165) is 0 Å². The summed E-state index contributed by atoms with van der Waals surface area (Å²) in [6.07, 6.45) is 2.67. The summed E-state index contributed by atoms with van der Waals surface area (Å²) in [4.78, 5) is 20.9. The predicted octanol–water partition coefficient (Wildman–Crippen LogP) is 1.78. The topological polar surface area (TPSA) is 112 Å². The van der Waals surface area contributed by atoms with E-state index in [0.29, 0.717) is 48.4 Å². The summed E-state index contributed by atoms with van der Waals surface area (Å²) >= 11 is 0. The van der Waals surface area contributed by atoms with Gasteiger partial charge in [-0.3, -0.25) is 9.52 Å². The lowest BCUT2D eigenvalue weighted by atomic mass is 10.1. The van der Waals surface area contributed by atoms with Gasteiger partial charge in [-0.15, -0.1) is 0 Å². The number of nitrogens with zero attached hydrogens (tertiary/aromatic N) is 3. The van der Waals surface area contributed by atoms with Crippen molar-refractivity contribution in [3.63, 3.8) is 0 Å². The summed E-state index contributed by atoms with van der Waals surface area (Å²) in [5, 5.41) is 0. The van der Waals surface area contributed by atoms with Crippen molar-refractivity contribution < 1.29 is 17.9 Å². The molecular formula is C19H26N4O5S. The number of ether oxygens (including phenoxy) is 2. The van der Waals surface area contributed by atoms with Gasteiger partial charge in [0.1, 0.15) is 11.9 Å². The third-order valence-corrected chi connectivity index (χ3v) is 6.10. The Morgan fingerprint density at radius 1 is 1.34 bits per heavy atom. The van der Waals surface area contributed by atoms with Crippen LogP contribution in [0.15, 0.2) is 17.1 Å². The number of hydrogen-bond acceptors (Lipinski definition) is 7. The molecule has 1 aliphatic heterocycles. The molecule has 1 fully saturated rings. The van der Waals surface area contributed by atoms with Crippen molar-refractivity contribution in [1.29, 1.82) is 0 Å². The molecule has 2 aromatic heterocycles. The summed E-state index contributed by atoms with van der Waals surface area (Å²) in [5.41, 5.74) is 2.18. The Balaban J connectivity index is 2.10. The second kappa shape index (κ2) is 8.50. The largest absolute Gasteiger partial charge is 0.458 e. The SMILES string of the molecule is CCCS(=O)(=O)Nc1nc(OC2CCOC2)nc(-c2cc(C)c(=O)n(C)c2)c1C. The molecule has 1 atom stereocenters. The molecule has 0 saturated carbocycles. The normalized spacial score (nSPS) is 16.8. The number of aromatic nitrogens is 3. The van der Waals surface area contributed by atoms with E-state index in [4.69, 9.17) is 9.47 Å². The van der Waals surface area contributed by atoms with Crippen LogP contribution in [0.2, 0.25) is 0 Å². The van der Waals surface area contributed by atoms with Gasteiger partial charge in [0.05, 0.1) is 24.7 Å². The fourth-order valence-electron chi connectivity index (χ4n) is 3.16. The van der Waals surface area contributed by atoms with Crippen molar-refractivity contribution in [2.75, 3.05) is 23.7 Å². The molecule has 0 spiro atoms. The number of rotatable bonds is 7. The lowest BCUT2D eigenvalue weighted by molar-refractivity contribution is 0.134. The summed E-state index contributed by atoms with van der Waals surface area (Å²) in [7, 11) is -1.89. The number of hydrogen-bond donors (Lipinski definition) is 1. The second-order valence-corrected chi connectivity index (χ2v) is 9.02. The second-order valence-electron chi connectivity index (χ2n) is 7.18. The van der Waals surface area contributed by atoms with Crippen LogP contribution in [-0.2, 0) is 21.8 Å². The number of sulfonamides is 1. The van der Waals surface area contributed by atoms with Crippen LogP contribution < -0.4 is 15.0 Å². The molecule has 0 bridgehead atoms. The van der Waals surface area contributed by atoms with E-state index in [2.05, 4.69) is 14.7 Å². The fourth-order valence-corrected chi connectivity index (χ4v) is 4.29. The Bertz CT molecular complexity index is 1030. The first kappa shape index (κ1) is 21.3. The summed E-state index contributed by atoms with van der Waals surface area (Å²) in [6, 6.07) is 1.80. The molecule has 1 saturated heterocycles. The zero-order valence-electron chi connectivity index (χ0n) is 17.1. The van der Waals surface area contributed by atoms with Crippen LogP contribution in [0.3, 0.4) is 0 Å². The number of aryl methyl sites for hydroxylation is 2. The summed E-state index contributed by atoms with van der Waals surface area (Å²) < 4.78 is 39.8. The first-order valence-electron chi connectivity index (χ1n) is 9.51. The maximum atomic E-state index is 12.3. The van der Waals surface area contributed by atoms with E-state index in [1.807, 2.05) is 0 Å². The Morgan fingerprint density at radius 2 is 2.10 bits per heavy atom. The Morgan fingerprint density at radius 3 is 2.72 bits per heavy atom. The molecule has 9 nitrogen and oxygen atoms in total. The lowest BCUT2D eigenvalue weighted by Crippen LogP contribution is -2.21. The van der Waals surface area contributed by atoms with Crippen molar-refractivity contribution in [2.24, 2.45) is 7.05 Å². The molecule has 2 aromatic rings. The van der Waals surface area contributed by atoms with Crippen molar-refractivity contribution in [3.05, 3.63) is 33.7 Å². The highest BCUT2D eigenvalue weighted by atomic mass is 32.2. The van der Waals surface area contributed by atoms with Gasteiger partial charge in [0, 0.05) is 36.4 Å². The minimum absolute atomic E-state index is 0.0165. The standard InChI is InChI=1S/C19H26N4O5S/c1-5-8-29(25,26)22-17-13(3)16(14-9-12(2)18(24)23(4)10-14)20-19(21-17)28-15-6-7-27-11-15/h9-10,15H,5-8,11H2,1-4H3,(H,20,21,22). The van der Waals surface area contributed by atoms with Gasteiger partial charge in [0.25, 0.3) is 5.56 Å². The van der Waals surface area contributed by atoms with Crippen molar-refractivity contribution in [3.8, 4) is 17.3 Å². The van der Waals surface area contributed by atoms with Gasteiger partial charge in [-0.05, 0) is 26.3 Å². The van der Waals surface area contributed by atoms with Gasteiger partial charge >= 0.3 is 6.01 Å². The third kappa shape index (κ3) is 4.94. The molecule has 158 valence electrons. The number of nitrogens with one attached hydrogen (secondary N) is 1. The van der Waals surface area contributed by atoms with Gasteiger partial charge in [0.2, 0.25) is 10.0 Å². The van der Waals surface area contributed by atoms with E-state index in [9.17, 15) is 13.2 Å². The minimum Gasteiger partial charge on any atom is -0.458 e. The minimum atomic E-state index is -3.55. The average Bonchev–Trinajstić information content (AvgIpc) is 3.14. The maximum absolute atomic E-state index is 12.3. The van der Waals surface area contributed by atoms with Gasteiger partial charge in [-0.2, -0.15) is 9.97 Å². The molecule has 1 unspecified atom stereocenters. The van der Waals surface area contributed by atoms with E-state index in [1.165, 1.54) is 4.57 Å². The van der Waals surface area contributed by atoms with Gasteiger partial charge in [-0.25, -0.2) is 8.42 Å². The summed E-state index contributed by atoms with van der Waals surface area (Å²) in [6.45, 7) is 6.28. The van der Waals surface area contributed by atoms with Crippen LogP contribution in [-0.4, -0.2) is 48.0 Å². The number of pyridine rings is 1. The van der Waals surface area contributed by atoms with Crippen LogP contribution in [0.5, 0.6) is 6.01 Å². The number of anilines is 1. The molecular weight excluding hydrogens is 396 g/mol. The van der Waals surface area contributed by atoms with E-state index in [-0.39, 0.29) is 29.2 Å². The fraction of sp³-hybridized carbons (Fsp3) is 0.526. The van der Waals surface area contributed by atoms with Gasteiger partial charge < -0.3 is 14.0 Å². The first-order chi connectivity index (χ1) is 13.7. The molecule has 29 heavy (non-hydrogen) atoms. The zero-order valence-corrected chi connectivity index (χ0v) is 17.9. The molecule has 3 heterocycles. The Kier molecular flexibility index (Phi) is 6.23. The maximum Gasteiger partial charge on any atom is 0.319 e. The van der Waals surface area contributed by atoms with Gasteiger partial charge in [-0.1, -0.05) is 6.92 Å². The first-order valence-corrected chi connectivity index (χ1v) is 11.2. The van der Waals surface area contributed by atoms with E-state index < -0.39 is 10.0 Å². The molecule has 1 N–H and O–H groups in total. The molecule has 3 rings (SSSR count). The summed E-state index contributed by atoms with van der Waals surface area (Å²) in [5.74, 6) is 0.154. The van der Waals surface area contributed by atoms with Crippen molar-refractivity contribution >= 4 is 15.8 Å². The smallest absolute Gasteiger partial charge is 0.319 e. The van der Waals surface area contributed by atoms with Crippen LogP contribution in [0, 0.1) is 13.8 Å². The monoisotopic (exact) mass is 422 g/mol. The predicted molar refractivity (Wildman–Crippen MR) is 110 cm³/mol. The van der Waals surface area contributed by atoms with Crippen LogP contribution in [0.25, 0.3) is 11.3 Å². The van der Waals surface area contributed by atoms with Crippen LogP contribution >= 0.6 is 0 Å². The van der Waals surface area contributed by atoms with Crippen molar-refractivity contribution in [1.82, 2.24) is 14.5 Å². The molecule has 0 aromatic carbocycles. The highest BCUT2D eigenvalue weighted by Gasteiger charge is 2.22. The highest BCUT2D eigenvalue weighted by molar-refractivity contribution is 7.92. The quantitative estimate of drug-likeness (QED) is 0.724. The lowest BCUT2D eigenvalue weighted by Gasteiger charge is -2.17. The molecule has 0 amide bonds.